The van der Waals surface area contributed by atoms with E-state index in [9.17, 15) is 4.79 Å². The maximum Gasteiger partial charge on any atom is 0.163 e. The summed E-state index contributed by atoms with van der Waals surface area (Å²) >= 11 is 0. The summed E-state index contributed by atoms with van der Waals surface area (Å²) in [6.45, 7) is 0. The van der Waals surface area contributed by atoms with Crippen molar-refractivity contribution in [2.45, 2.75) is 38.0 Å². The van der Waals surface area contributed by atoms with Crippen LogP contribution in [0.5, 0.6) is 0 Å². The molecule has 0 unspecified atom stereocenters. The quantitative estimate of drug-likeness (QED) is 0.626. The topological polar surface area (TPSA) is 17.1 Å². The largest absolute Gasteiger partial charge is 0.294 e. The summed E-state index contributed by atoms with van der Waals surface area (Å²) in [6.07, 6.45) is 5.99. The summed E-state index contributed by atoms with van der Waals surface area (Å²) in [4.78, 5) is 11.9. The van der Waals surface area contributed by atoms with Gasteiger partial charge in [-0.2, -0.15) is 0 Å². The van der Waals surface area contributed by atoms with Crippen molar-refractivity contribution in [3.63, 3.8) is 0 Å². The molecule has 1 aromatic carbocycles. The van der Waals surface area contributed by atoms with E-state index in [0.717, 1.165) is 12.0 Å². The fourth-order valence-corrected chi connectivity index (χ4v) is 3.28. The Balaban J connectivity index is 2.07. The molecule has 2 atom stereocenters. The van der Waals surface area contributed by atoms with Gasteiger partial charge in [-0.3, -0.25) is 4.79 Å². The fraction of sp³-hybridized carbons (Fsp3) is 0.500. The van der Waals surface area contributed by atoms with Crippen LogP contribution in [0.3, 0.4) is 0 Å². The van der Waals surface area contributed by atoms with Gasteiger partial charge in [0.2, 0.25) is 0 Å². The van der Waals surface area contributed by atoms with Crippen LogP contribution in [0.25, 0.3) is 0 Å². The predicted molar refractivity (Wildman–Crippen MR) is 60.1 cm³/mol. The highest BCUT2D eigenvalue weighted by Gasteiger charge is 2.34. The van der Waals surface area contributed by atoms with Crippen molar-refractivity contribution in [1.82, 2.24) is 0 Å². The first-order valence-corrected chi connectivity index (χ1v) is 5.98. The summed E-state index contributed by atoms with van der Waals surface area (Å²) in [6, 6.07) is 8.22. The molecule has 0 amide bonds. The second kappa shape index (κ2) is 3.48. The summed E-state index contributed by atoms with van der Waals surface area (Å²) in [5.41, 5.74) is 2.33. The van der Waals surface area contributed by atoms with Gasteiger partial charge in [-0.25, -0.2) is 0 Å². The van der Waals surface area contributed by atoms with Gasteiger partial charge < -0.3 is 0 Å². The second-order valence-electron chi connectivity index (χ2n) is 4.87. The highest BCUT2D eigenvalue weighted by Crippen LogP contribution is 2.44. The van der Waals surface area contributed by atoms with Crippen LogP contribution in [0.15, 0.2) is 24.3 Å². The lowest BCUT2D eigenvalue weighted by Crippen LogP contribution is -2.27. The fourth-order valence-electron chi connectivity index (χ4n) is 3.28. The first-order chi connectivity index (χ1) is 7.36. The molecule has 1 nitrogen and oxygen atoms in total. The van der Waals surface area contributed by atoms with Crippen molar-refractivity contribution in [2.75, 3.05) is 0 Å². The lowest BCUT2D eigenvalue weighted by Gasteiger charge is -2.36. The number of ketones is 1. The average Bonchev–Trinajstić information content (AvgIpc) is 2.30. The number of benzene rings is 1. The first kappa shape index (κ1) is 9.14. The van der Waals surface area contributed by atoms with Gasteiger partial charge in [0.05, 0.1) is 0 Å². The van der Waals surface area contributed by atoms with Crippen molar-refractivity contribution in [2.24, 2.45) is 5.92 Å². The highest BCUT2D eigenvalue weighted by atomic mass is 16.1. The Morgan fingerprint density at radius 1 is 1.07 bits per heavy atom. The van der Waals surface area contributed by atoms with Gasteiger partial charge in [-0.15, -0.1) is 0 Å². The van der Waals surface area contributed by atoms with E-state index in [1.807, 2.05) is 12.1 Å². The van der Waals surface area contributed by atoms with Crippen molar-refractivity contribution < 1.29 is 4.79 Å². The van der Waals surface area contributed by atoms with Gasteiger partial charge in [0.1, 0.15) is 0 Å². The van der Waals surface area contributed by atoms with Crippen LogP contribution in [0.4, 0.5) is 0 Å². The third-order valence-electron chi connectivity index (χ3n) is 4.02. The number of carbonyl (C=O) groups is 1. The van der Waals surface area contributed by atoms with E-state index in [4.69, 9.17) is 0 Å². The van der Waals surface area contributed by atoms with Gasteiger partial charge in [0.15, 0.2) is 5.78 Å². The molecule has 78 valence electrons. The van der Waals surface area contributed by atoms with Gasteiger partial charge in [-0.05, 0) is 30.2 Å². The SMILES string of the molecule is O=C1C[C@H]2CCCC[C@H]2c2ccccc21. The van der Waals surface area contributed by atoms with E-state index in [2.05, 4.69) is 12.1 Å². The molecule has 1 saturated carbocycles. The zero-order chi connectivity index (χ0) is 10.3. The third kappa shape index (κ3) is 1.41. The summed E-state index contributed by atoms with van der Waals surface area (Å²) < 4.78 is 0. The van der Waals surface area contributed by atoms with Crippen molar-refractivity contribution in [3.8, 4) is 0 Å². The van der Waals surface area contributed by atoms with E-state index in [1.54, 1.807) is 0 Å². The molecule has 0 aliphatic heterocycles. The molecule has 0 N–H and O–H groups in total. The Hall–Kier alpha value is -1.11. The second-order valence-corrected chi connectivity index (χ2v) is 4.87. The number of Topliss-reactive ketones (excluding diaryl/α,β-unsaturated/α-hetero) is 1. The Morgan fingerprint density at radius 2 is 1.87 bits per heavy atom. The van der Waals surface area contributed by atoms with Crippen LogP contribution in [0.2, 0.25) is 0 Å². The van der Waals surface area contributed by atoms with E-state index < -0.39 is 0 Å². The molecular weight excluding hydrogens is 184 g/mol. The zero-order valence-electron chi connectivity index (χ0n) is 8.91. The Labute approximate surface area is 90.5 Å². The molecule has 0 radical (unpaired) electrons. The Morgan fingerprint density at radius 3 is 2.80 bits per heavy atom. The molecule has 0 aromatic heterocycles. The maximum atomic E-state index is 11.9. The van der Waals surface area contributed by atoms with Crippen LogP contribution in [-0.4, -0.2) is 5.78 Å². The van der Waals surface area contributed by atoms with Crippen LogP contribution in [0, 0.1) is 5.92 Å². The van der Waals surface area contributed by atoms with Crippen molar-refractivity contribution in [1.29, 1.82) is 0 Å². The van der Waals surface area contributed by atoms with Crippen LogP contribution in [-0.2, 0) is 0 Å². The average molecular weight is 200 g/mol. The molecule has 1 fully saturated rings. The van der Waals surface area contributed by atoms with E-state index in [-0.39, 0.29) is 0 Å². The molecule has 0 bridgehead atoms. The van der Waals surface area contributed by atoms with Gasteiger partial charge >= 0.3 is 0 Å². The highest BCUT2D eigenvalue weighted by molar-refractivity contribution is 5.99. The van der Waals surface area contributed by atoms with E-state index in [1.165, 1.54) is 31.2 Å². The first-order valence-electron chi connectivity index (χ1n) is 5.98. The van der Waals surface area contributed by atoms with Crippen LogP contribution in [0.1, 0.15) is 53.9 Å². The molecule has 3 rings (SSSR count). The van der Waals surface area contributed by atoms with Crippen molar-refractivity contribution in [3.05, 3.63) is 35.4 Å². The minimum absolute atomic E-state index is 0.369. The molecule has 1 heteroatoms. The maximum absolute atomic E-state index is 11.9. The zero-order valence-corrected chi connectivity index (χ0v) is 8.91. The lowest BCUT2D eigenvalue weighted by atomic mass is 9.68. The normalized spacial score (nSPS) is 29.5. The summed E-state index contributed by atoms with van der Waals surface area (Å²) in [7, 11) is 0. The van der Waals surface area contributed by atoms with Gasteiger partial charge in [0, 0.05) is 12.0 Å². The number of hydrogen-bond acceptors (Lipinski definition) is 1. The summed E-state index contributed by atoms with van der Waals surface area (Å²) in [5.74, 6) is 1.68. The molecule has 0 heterocycles. The number of carbonyl (C=O) groups excluding carboxylic acids is 1. The minimum Gasteiger partial charge on any atom is -0.294 e. The Kier molecular flexibility index (Phi) is 2.12. The molecule has 2 aliphatic carbocycles. The number of rotatable bonds is 0. The number of fused-ring (bicyclic) bond motifs is 3. The summed E-state index contributed by atoms with van der Waals surface area (Å²) in [5, 5.41) is 0. The standard InChI is InChI=1S/C14H16O/c15-14-9-10-5-1-2-6-11(10)12-7-3-4-8-13(12)14/h3-4,7-8,10-11H,1-2,5-6,9H2/t10-,11-/m1/s1. The third-order valence-corrected chi connectivity index (χ3v) is 4.02. The molecule has 1 aromatic rings. The van der Waals surface area contributed by atoms with Gasteiger partial charge in [-0.1, -0.05) is 37.1 Å². The minimum atomic E-state index is 0.369. The van der Waals surface area contributed by atoms with Crippen LogP contribution < -0.4 is 0 Å². The predicted octanol–water partition coefficient (Wildman–Crippen LogP) is 3.55. The monoisotopic (exact) mass is 200 g/mol. The van der Waals surface area contributed by atoms with Crippen LogP contribution >= 0.6 is 0 Å². The van der Waals surface area contributed by atoms with E-state index >= 15 is 0 Å². The van der Waals surface area contributed by atoms with Crippen molar-refractivity contribution >= 4 is 5.78 Å². The van der Waals surface area contributed by atoms with E-state index in [0.29, 0.717) is 17.6 Å². The smallest absolute Gasteiger partial charge is 0.163 e. The number of hydrogen-bond donors (Lipinski definition) is 0. The molecular formula is C14H16O. The molecule has 0 saturated heterocycles. The molecule has 2 aliphatic rings. The lowest BCUT2D eigenvalue weighted by molar-refractivity contribution is 0.0919. The Bertz CT molecular complexity index is 394. The van der Waals surface area contributed by atoms with Gasteiger partial charge in [0.25, 0.3) is 0 Å². The molecule has 0 spiro atoms. The molecule has 15 heavy (non-hydrogen) atoms.